The summed E-state index contributed by atoms with van der Waals surface area (Å²) in [5.74, 6) is 0.934. The molecule has 13 heavy (non-hydrogen) atoms. The normalized spacial score (nSPS) is 10.5. The fourth-order valence-electron chi connectivity index (χ4n) is 1.26. The lowest BCUT2D eigenvalue weighted by Crippen LogP contribution is -2.10. The van der Waals surface area contributed by atoms with Crippen molar-refractivity contribution in [1.82, 2.24) is 0 Å². The van der Waals surface area contributed by atoms with E-state index < -0.39 is 0 Å². The van der Waals surface area contributed by atoms with Gasteiger partial charge in [-0.3, -0.25) is 0 Å². The maximum atomic E-state index is 5.51. The molecule has 0 aliphatic heterocycles. The van der Waals surface area contributed by atoms with Crippen molar-refractivity contribution in [3.63, 3.8) is 0 Å². The maximum Gasteiger partial charge on any atom is 0.128 e. The van der Waals surface area contributed by atoms with Crippen LogP contribution in [-0.4, -0.2) is 13.2 Å². The summed E-state index contributed by atoms with van der Waals surface area (Å²) in [6.07, 6.45) is 0. The van der Waals surface area contributed by atoms with Crippen molar-refractivity contribution in [3.8, 4) is 5.75 Å². The molecule has 3 heteroatoms. The first-order valence-electron chi connectivity index (χ1n) is 4.21. The largest absolute Gasteiger partial charge is 0.492 e. The highest BCUT2D eigenvalue weighted by Crippen LogP contribution is 2.29. The molecule has 0 saturated carbocycles. The smallest absolute Gasteiger partial charge is 0.128 e. The van der Waals surface area contributed by atoms with Gasteiger partial charge in [0.1, 0.15) is 12.4 Å². The summed E-state index contributed by atoms with van der Waals surface area (Å²) < 4.78 is 6.77. The molecule has 1 heterocycles. The van der Waals surface area contributed by atoms with E-state index in [0.29, 0.717) is 13.2 Å². The molecule has 0 bridgehead atoms. The van der Waals surface area contributed by atoms with Crippen LogP contribution in [0.2, 0.25) is 0 Å². The number of hydrogen-bond acceptors (Lipinski definition) is 3. The van der Waals surface area contributed by atoms with Gasteiger partial charge < -0.3 is 10.5 Å². The molecule has 0 saturated heterocycles. The summed E-state index contributed by atoms with van der Waals surface area (Å²) in [7, 11) is 0. The van der Waals surface area contributed by atoms with Gasteiger partial charge in [0.2, 0.25) is 0 Å². The van der Waals surface area contributed by atoms with Crippen molar-refractivity contribution in [3.05, 3.63) is 29.6 Å². The first kappa shape index (κ1) is 8.53. The molecule has 0 amide bonds. The van der Waals surface area contributed by atoms with E-state index in [1.807, 2.05) is 12.1 Å². The van der Waals surface area contributed by atoms with Crippen molar-refractivity contribution in [2.75, 3.05) is 13.2 Å². The van der Waals surface area contributed by atoms with Crippen molar-refractivity contribution in [2.45, 2.75) is 0 Å². The number of rotatable bonds is 3. The van der Waals surface area contributed by atoms with E-state index in [4.69, 9.17) is 10.5 Å². The molecule has 68 valence electrons. The van der Waals surface area contributed by atoms with Crippen LogP contribution in [0.3, 0.4) is 0 Å². The standard InChI is InChI=1S/C10H11NOS/c11-5-6-12-9-2-1-3-10-8(9)4-7-13-10/h1-4,7H,5-6,11H2. The highest BCUT2D eigenvalue weighted by Gasteiger charge is 2.01. The minimum atomic E-state index is 0.556. The Morgan fingerprint density at radius 1 is 1.31 bits per heavy atom. The molecule has 1 aromatic carbocycles. The summed E-state index contributed by atoms with van der Waals surface area (Å²) in [5.41, 5.74) is 5.37. The predicted molar refractivity (Wildman–Crippen MR) is 56.4 cm³/mol. The number of ether oxygens (including phenoxy) is 1. The van der Waals surface area contributed by atoms with E-state index in [1.165, 1.54) is 10.1 Å². The molecule has 2 nitrogen and oxygen atoms in total. The Hall–Kier alpha value is -1.06. The lowest BCUT2D eigenvalue weighted by Gasteiger charge is -2.04. The molecule has 0 aliphatic carbocycles. The summed E-state index contributed by atoms with van der Waals surface area (Å²) in [6.45, 7) is 1.13. The predicted octanol–water partition coefficient (Wildman–Crippen LogP) is 2.24. The molecule has 0 radical (unpaired) electrons. The summed E-state index contributed by atoms with van der Waals surface area (Å²) >= 11 is 1.72. The van der Waals surface area contributed by atoms with Crippen LogP contribution in [0.5, 0.6) is 5.75 Å². The van der Waals surface area contributed by atoms with Gasteiger partial charge >= 0.3 is 0 Å². The Bertz CT molecular complexity index is 396. The Morgan fingerprint density at radius 2 is 2.23 bits per heavy atom. The molecule has 1 aromatic heterocycles. The molecule has 0 fully saturated rings. The minimum absolute atomic E-state index is 0.556. The van der Waals surface area contributed by atoms with E-state index in [9.17, 15) is 0 Å². The van der Waals surface area contributed by atoms with Crippen LogP contribution < -0.4 is 10.5 Å². The molecule has 2 aromatic rings. The Morgan fingerprint density at radius 3 is 3.08 bits per heavy atom. The highest BCUT2D eigenvalue weighted by atomic mass is 32.1. The molecular weight excluding hydrogens is 182 g/mol. The van der Waals surface area contributed by atoms with Gasteiger partial charge in [-0.05, 0) is 23.6 Å². The third-order valence-corrected chi connectivity index (χ3v) is 2.71. The third-order valence-electron chi connectivity index (χ3n) is 1.83. The van der Waals surface area contributed by atoms with E-state index in [0.717, 1.165) is 5.75 Å². The molecule has 0 aliphatic rings. The molecule has 0 spiro atoms. The van der Waals surface area contributed by atoms with Crippen molar-refractivity contribution < 1.29 is 4.74 Å². The lowest BCUT2D eigenvalue weighted by molar-refractivity contribution is 0.332. The zero-order valence-corrected chi connectivity index (χ0v) is 8.01. The first-order chi connectivity index (χ1) is 6.42. The summed E-state index contributed by atoms with van der Waals surface area (Å²) in [4.78, 5) is 0. The van der Waals surface area contributed by atoms with Gasteiger partial charge in [0.05, 0.1) is 0 Å². The van der Waals surface area contributed by atoms with Gasteiger partial charge in [-0.25, -0.2) is 0 Å². The summed E-state index contributed by atoms with van der Waals surface area (Å²) in [6, 6.07) is 8.15. The summed E-state index contributed by atoms with van der Waals surface area (Å²) in [5, 5.41) is 3.25. The third kappa shape index (κ3) is 1.66. The topological polar surface area (TPSA) is 35.2 Å². The van der Waals surface area contributed by atoms with E-state index in [-0.39, 0.29) is 0 Å². The van der Waals surface area contributed by atoms with Crippen LogP contribution in [0.25, 0.3) is 10.1 Å². The Kier molecular flexibility index (Phi) is 2.47. The van der Waals surface area contributed by atoms with Crippen LogP contribution in [0.4, 0.5) is 0 Å². The second kappa shape index (κ2) is 3.77. The van der Waals surface area contributed by atoms with Crippen LogP contribution in [0, 0.1) is 0 Å². The second-order valence-corrected chi connectivity index (χ2v) is 3.67. The molecular formula is C10H11NOS. The van der Waals surface area contributed by atoms with Crippen molar-refractivity contribution in [1.29, 1.82) is 0 Å². The number of fused-ring (bicyclic) bond motifs is 1. The average Bonchev–Trinajstić information content (AvgIpc) is 2.62. The fraction of sp³-hybridized carbons (Fsp3) is 0.200. The maximum absolute atomic E-state index is 5.51. The number of hydrogen-bond donors (Lipinski definition) is 1. The molecule has 2 N–H and O–H groups in total. The SMILES string of the molecule is NCCOc1cccc2sccc12. The van der Waals surface area contributed by atoms with Gasteiger partial charge in [-0.1, -0.05) is 6.07 Å². The lowest BCUT2D eigenvalue weighted by atomic mass is 10.2. The van der Waals surface area contributed by atoms with Crippen LogP contribution >= 0.6 is 11.3 Å². The monoisotopic (exact) mass is 193 g/mol. The molecule has 2 rings (SSSR count). The first-order valence-corrected chi connectivity index (χ1v) is 5.09. The van der Waals surface area contributed by atoms with Gasteiger partial charge in [0.15, 0.2) is 0 Å². The Labute approximate surface area is 80.9 Å². The van der Waals surface area contributed by atoms with Gasteiger partial charge in [0, 0.05) is 16.6 Å². The minimum Gasteiger partial charge on any atom is -0.492 e. The zero-order chi connectivity index (χ0) is 9.10. The molecule has 0 unspecified atom stereocenters. The second-order valence-electron chi connectivity index (χ2n) is 2.73. The average molecular weight is 193 g/mol. The number of benzene rings is 1. The highest BCUT2D eigenvalue weighted by molar-refractivity contribution is 7.17. The number of thiophene rings is 1. The van der Waals surface area contributed by atoms with Crippen molar-refractivity contribution >= 4 is 21.4 Å². The quantitative estimate of drug-likeness (QED) is 0.811. The van der Waals surface area contributed by atoms with Gasteiger partial charge in [-0.2, -0.15) is 0 Å². The molecule has 0 atom stereocenters. The van der Waals surface area contributed by atoms with Gasteiger partial charge in [-0.15, -0.1) is 11.3 Å². The van der Waals surface area contributed by atoms with Crippen LogP contribution in [-0.2, 0) is 0 Å². The number of nitrogens with two attached hydrogens (primary N) is 1. The fourth-order valence-corrected chi connectivity index (χ4v) is 2.06. The van der Waals surface area contributed by atoms with E-state index in [2.05, 4.69) is 17.5 Å². The zero-order valence-electron chi connectivity index (χ0n) is 7.19. The Balaban J connectivity index is 2.37. The van der Waals surface area contributed by atoms with E-state index >= 15 is 0 Å². The van der Waals surface area contributed by atoms with Crippen LogP contribution in [0.1, 0.15) is 0 Å². The van der Waals surface area contributed by atoms with Crippen LogP contribution in [0.15, 0.2) is 29.6 Å². The van der Waals surface area contributed by atoms with E-state index in [1.54, 1.807) is 11.3 Å². The van der Waals surface area contributed by atoms with Crippen molar-refractivity contribution in [2.24, 2.45) is 5.73 Å². The van der Waals surface area contributed by atoms with Gasteiger partial charge in [0.25, 0.3) is 0 Å².